The first-order valence-electron chi connectivity index (χ1n) is 5.97. The van der Waals surface area contributed by atoms with E-state index in [9.17, 15) is 14.4 Å². The van der Waals surface area contributed by atoms with Crippen molar-refractivity contribution in [3.8, 4) is 0 Å². The molecule has 3 N–H and O–H groups in total. The smallest absolute Gasteiger partial charge is 0.326 e. The Kier molecular flexibility index (Phi) is 6.45. The van der Waals surface area contributed by atoms with Gasteiger partial charge in [-0.05, 0) is 24.1 Å². The lowest BCUT2D eigenvalue weighted by atomic mass is 10.1. The number of hydrogen-bond donors (Lipinski definition) is 3. The molecule has 21 heavy (non-hydrogen) atoms. The van der Waals surface area contributed by atoms with Crippen LogP contribution in [0.5, 0.6) is 0 Å². The second-order valence-electron chi connectivity index (χ2n) is 4.30. The van der Waals surface area contributed by atoms with E-state index in [-0.39, 0.29) is 19.3 Å². The molecule has 114 valence electrons. The Morgan fingerprint density at radius 3 is 2.38 bits per heavy atom. The Morgan fingerprint density at radius 2 is 1.86 bits per heavy atom. The van der Waals surface area contributed by atoms with Gasteiger partial charge in [0.2, 0.25) is 5.91 Å². The molecule has 0 fully saturated rings. The standard InChI is InChI=1S/C13H13Cl2NO5/c14-8-2-1-7(9(15)6-8)5-11(17)16-10(13(20)21)3-4-12(18)19/h1-2,6,10H,3-5H2,(H,16,17)(H,18,19)(H,20,21)/t10-/m0/s1. The maximum Gasteiger partial charge on any atom is 0.326 e. The van der Waals surface area contributed by atoms with Gasteiger partial charge in [0.15, 0.2) is 0 Å². The van der Waals surface area contributed by atoms with Gasteiger partial charge in [0, 0.05) is 16.5 Å². The van der Waals surface area contributed by atoms with Crippen LogP contribution in [0, 0.1) is 0 Å². The van der Waals surface area contributed by atoms with Gasteiger partial charge in [-0.2, -0.15) is 0 Å². The minimum Gasteiger partial charge on any atom is -0.481 e. The molecule has 1 amide bonds. The first-order valence-corrected chi connectivity index (χ1v) is 6.73. The van der Waals surface area contributed by atoms with Crippen LogP contribution in [0.25, 0.3) is 0 Å². The van der Waals surface area contributed by atoms with Gasteiger partial charge in [-0.1, -0.05) is 29.3 Å². The fraction of sp³-hybridized carbons (Fsp3) is 0.308. The van der Waals surface area contributed by atoms with Crippen molar-refractivity contribution in [3.63, 3.8) is 0 Å². The Bertz CT molecular complexity index is 561. The molecule has 8 heteroatoms. The van der Waals surface area contributed by atoms with E-state index in [4.69, 9.17) is 33.4 Å². The fourth-order valence-electron chi connectivity index (χ4n) is 1.61. The second kappa shape index (κ2) is 7.85. The molecular weight excluding hydrogens is 321 g/mol. The lowest BCUT2D eigenvalue weighted by molar-refractivity contribution is -0.143. The van der Waals surface area contributed by atoms with Crippen LogP contribution in [0.2, 0.25) is 10.0 Å². The van der Waals surface area contributed by atoms with E-state index in [1.165, 1.54) is 6.07 Å². The summed E-state index contributed by atoms with van der Waals surface area (Å²) in [7, 11) is 0. The highest BCUT2D eigenvalue weighted by atomic mass is 35.5. The van der Waals surface area contributed by atoms with Crippen molar-refractivity contribution in [1.29, 1.82) is 0 Å². The Labute approximate surface area is 130 Å². The van der Waals surface area contributed by atoms with E-state index in [2.05, 4.69) is 5.32 Å². The lowest BCUT2D eigenvalue weighted by Gasteiger charge is -2.14. The van der Waals surface area contributed by atoms with E-state index in [0.29, 0.717) is 15.6 Å². The first-order chi connectivity index (χ1) is 9.79. The van der Waals surface area contributed by atoms with Crippen LogP contribution < -0.4 is 5.32 Å². The topological polar surface area (TPSA) is 104 Å². The van der Waals surface area contributed by atoms with E-state index in [1.807, 2.05) is 0 Å². The van der Waals surface area contributed by atoms with Crippen molar-refractivity contribution in [2.45, 2.75) is 25.3 Å². The number of aliphatic carboxylic acids is 2. The molecule has 0 radical (unpaired) electrons. The van der Waals surface area contributed by atoms with Crippen LogP contribution in [0.1, 0.15) is 18.4 Å². The van der Waals surface area contributed by atoms with Gasteiger partial charge in [0.25, 0.3) is 0 Å². The SMILES string of the molecule is O=C(O)CC[C@H](NC(=O)Cc1ccc(Cl)cc1Cl)C(=O)O. The van der Waals surface area contributed by atoms with Crippen molar-refractivity contribution in [2.75, 3.05) is 0 Å². The summed E-state index contributed by atoms with van der Waals surface area (Å²) in [6.45, 7) is 0. The van der Waals surface area contributed by atoms with E-state index < -0.39 is 23.9 Å². The second-order valence-corrected chi connectivity index (χ2v) is 5.15. The third kappa shape index (κ3) is 6.01. The molecule has 6 nitrogen and oxygen atoms in total. The third-order valence-electron chi connectivity index (χ3n) is 2.65. The van der Waals surface area contributed by atoms with Crippen LogP contribution in [-0.4, -0.2) is 34.1 Å². The molecule has 0 unspecified atom stereocenters. The number of rotatable bonds is 7. The number of halogens is 2. The molecule has 0 aliphatic heterocycles. The number of carbonyl (C=O) groups is 3. The van der Waals surface area contributed by atoms with Gasteiger partial charge in [0.1, 0.15) is 6.04 Å². The van der Waals surface area contributed by atoms with Crippen LogP contribution in [-0.2, 0) is 20.8 Å². The molecule has 0 heterocycles. The predicted molar refractivity (Wildman–Crippen MR) is 76.6 cm³/mol. The monoisotopic (exact) mass is 333 g/mol. The lowest BCUT2D eigenvalue weighted by Crippen LogP contribution is -2.41. The molecule has 0 bridgehead atoms. The molecular formula is C13H13Cl2NO5. The molecule has 1 aromatic rings. The van der Waals surface area contributed by atoms with Gasteiger partial charge in [-0.3, -0.25) is 9.59 Å². The van der Waals surface area contributed by atoms with E-state index >= 15 is 0 Å². The van der Waals surface area contributed by atoms with Crippen LogP contribution in [0.3, 0.4) is 0 Å². The minimum absolute atomic E-state index is 0.118. The number of nitrogens with one attached hydrogen (secondary N) is 1. The summed E-state index contributed by atoms with van der Waals surface area (Å²) in [5, 5.41) is 20.5. The van der Waals surface area contributed by atoms with Crippen LogP contribution >= 0.6 is 23.2 Å². The fourth-order valence-corrected chi connectivity index (χ4v) is 2.08. The van der Waals surface area contributed by atoms with Gasteiger partial charge in [-0.25, -0.2) is 4.79 Å². The number of carbonyl (C=O) groups excluding carboxylic acids is 1. The number of amides is 1. The molecule has 1 aromatic carbocycles. The van der Waals surface area contributed by atoms with E-state index in [0.717, 1.165) is 0 Å². The molecule has 0 aliphatic rings. The number of carboxylic acids is 2. The summed E-state index contributed by atoms with van der Waals surface area (Å²) >= 11 is 11.6. The van der Waals surface area contributed by atoms with Crippen LogP contribution in [0.15, 0.2) is 18.2 Å². The average Bonchev–Trinajstić information content (AvgIpc) is 2.37. The van der Waals surface area contributed by atoms with Gasteiger partial charge >= 0.3 is 11.9 Å². The molecule has 0 spiro atoms. The predicted octanol–water partition coefficient (Wildman–Crippen LogP) is 1.97. The minimum atomic E-state index is -1.29. The normalized spacial score (nSPS) is 11.7. The van der Waals surface area contributed by atoms with Crippen molar-refractivity contribution < 1.29 is 24.6 Å². The molecule has 0 aliphatic carbocycles. The van der Waals surface area contributed by atoms with Gasteiger partial charge in [0.05, 0.1) is 6.42 Å². The molecule has 0 saturated heterocycles. The number of benzene rings is 1. The quantitative estimate of drug-likeness (QED) is 0.707. The van der Waals surface area contributed by atoms with Crippen molar-refractivity contribution in [1.82, 2.24) is 5.32 Å². The summed E-state index contributed by atoms with van der Waals surface area (Å²) < 4.78 is 0. The highest BCUT2D eigenvalue weighted by Crippen LogP contribution is 2.21. The summed E-state index contributed by atoms with van der Waals surface area (Å²) in [5.41, 5.74) is 0.501. The number of hydrogen-bond acceptors (Lipinski definition) is 3. The highest BCUT2D eigenvalue weighted by Gasteiger charge is 2.21. The molecule has 1 atom stereocenters. The van der Waals surface area contributed by atoms with Gasteiger partial charge < -0.3 is 15.5 Å². The molecule has 0 aromatic heterocycles. The summed E-state index contributed by atoms with van der Waals surface area (Å²) in [6.07, 6.45) is -0.656. The highest BCUT2D eigenvalue weighted by molar-refractivity contribution is 6.35. The Balaban J connectivity index is 2.65. The molecule has 1 rings (SSSR count). The molecule has 0 saturated carbocycles. The summed E-state index contributed by atoms with van der Waals surface area (Å²) in [4.78, 5) is 33.2. The van der Waals surface area contributed by atoms with Gasteiger partial charge in [-0.15, -0.1) is 0 Å². The largest absolute Gasteiger partial charge is 0.481 e. The van der Waals surface area contributed by atoms with Crippen molar-refractivity contribution >= 4 is 41.0 Å². The summed E-state index contributed by atoms with van der Waals surface area (Å²) in [5.74, 6) is -2.97. The first kappa shape index (κ1) is 17.3. The maximum atomic E-state index is 11.8. The van der Waals surface area contributed by atoms with Crippen molar-refractivity contribution in [3.05, 3.63) is 33.8 Å². The Hall–Kier alpha value is -1.79. The zero-order valence-electron chi connectivity index (χ0n) is 10.8. The average molecular weight is 334 g/mol. The third-order valence-corrected chi connectivity index (χ3v) is 3.23. The number of carboxylic acid groups (broad SMARTS) is 2. The van der Waals surface area contributed by atoms with Crippen molar-refractivity contribution in [2.24, 2.45) is 0 Å². The van der Waals surface area contributed by atoms with E-state index in [1.54, 1.807) is 12.1 Å². The maximum absolute atomic E-state index is 11.8. The Morgan fingerprint density at radius 1 is 1.19 bits per heavy atom. The summed E-state index contributed by atoms with van der Waals surface area (Å²) in [6, 6.07) is 3.36. The zero-order chi connectivity index (χ0) is 16.0. The van der Waals surface area contributed by atoms with Crippen LogP contribution in [0.4, 0.5) is 0 Å². The zero-order valence-corrected chi connectivity index (χ0v) is 12.3.